The minimum Gasteiger partial charge on any atom is -0.493 e. The van der Waals surface area contributed by atoms with Crippen molar-refractivity contribution in [3.8, 4) is 17.4 Å². The maximum Gasteiger partial charge on any atom is 0.271 e. The van der Waals surface area contributed by atoms with E-state index in [1.165, 1.54) is 19.1 Å². The molecule has 3 heterocycles. The van der Waals surface area contributed by atoms with Crippen LogP contribution in [0.1, 0.15) is 78.6 Å². The monoisotopic (exact) mass is 842 g/mol. The highest BCUT2D eigenvalue weighted by atomic mass is 35.5. The average molecular weight is 843 g/mol. The van der Waals surface area contributed by atoms with E-state index < -0.39 is 73.8 Å². The van der Waals surface area contributed by atoms with Gasteiger partial charge in [-0.2, -0.15) is 5.10 Å². The third kappa shape index (κ3) is 9.02. The number of hydrogen-bond donors (Lipinski definition) is 5. The van der Waals surface area contributed by atoms with Gasteiger partial charge in [-0.1, -0.05) is 36.6 Å². The van der Waals surface area contributed by atoms with E-state index in [0.29, 0.717) is 59.5 Å². The Kier molecular flexibility index (Phi) is 12.6. The molecule has 2 aliphatic heterocycles. The molecule has 58 heavy (non-hydrogen) atoms. The molecule has 5 atom stereocenters. The quantitative estimate of drug-likeness (QED) is 0.118. The number of aromatic nitrogens is 1. The number of hydrazone groups is 1. The van der Waals surface area contributed by atoms with Gasteiger partial charge in [0.25, 0.3) is 11.8 Å². The lowest BCUT2D eigenvalue weighted by Gasteiger charge is -2.30. The van der Waals surface area contributed by atoms with Gasteiger partial charge in [0.15, 0.2) is 5.75 Å². The minimum absolute atomic E-state index is 0.0353. The van der Waals surface area contributed by atoms with Crippen molar-refractivity contribution >= 4 is 68.1 Å². The molecule has 1 saturated heterocycles. The summed E-state index contributed by atoms with van der Waals surface area (Å²) in [4.78, 5) is 62.2. The third-order valence-corrected chi connectivity index (χ3v) is 13.5. The number of rotatable bonds is 12. The molecule has 0 spiro atoms. The summed E-state index contributed by atoms with van der Waals surface area (Å²) in [6, 6.07) is 2.63. The zero-order valence-electron chi connectivity index (χ0n) is 33.2. The van der Waals surface area contributed by atoms with Crippen molar-refractivity contribution in [2.75, 3.05) is 20.7 Å². The zero-order chi connectivity index (χ0) is 42.0. The van der Waals surface area contributed by atoms with Crippen LogP contribution in [0.3, 0.4) is 0 Å². The number of nitrogens with one attached hydrogen (secondary N) is 5. The molecule has 0 radical (unpaired) electrons. The molecule has 2 aliphatic carbocycles. The van der Waals surface area contributed by atoms with E-state index in [-0.39, 0.29) is 37.8 Å². The maximum atomic E-state index is 14.6. The van der Waals surface area contributed by atoms with E-state index in [4.69, 9.17) is 31.2 Å². The second-order valence-electron chi connectivity index (χ2n) is 15.7. The predicted octanol–water partition coefficient (Wildman–Crippen LogP) is 3.14. The minimum atomic E-state index is -4.03. The average Bonchev–Trinajstić information content (AvgIpc) is 4.05. The summed E-state index contributed by atoms with van der Waals surface area (Å²) in [5.41, 5.74) is 0.794. The molecule has 0 bridgehead atoms. The van der Waals surface area contributed by atoms with Crippen LogP contribution >= 0.6 is 11.6 Å². The van der Waals surface area contributed by atoms with Crippen molar-refractivity contribution < 1.29 is 41.8 Å². The Morgan fingerprint density at radius 1 is 1.19 bits per heavy atom. The summed E-state index contributed by atoms with van der Waals surface area (Å²) in [5.74, 6) is -2.58. The number of ether oxygens (including phenoxy) is 3. The van der Waals surface area contributed by atoms with Crippen LogP contribution in [0.4, 0.5) is 0 Å². The van der Waals surface area contributed by atoms with E-state index in [1.54, 1.807) is 25.1 Å². The first kappa shape index (κ1) is 42.6. The van der Waals surface area contributed by atoms with Gasteiger partial charge < -0.3 is 35.2 Å². The Balaban J connectivity index is 1.36. The fourth-order valence-electron chi connectivity index (χ4n) is 7.33. The molecule has 17 nitrogen and oxygen atoms in total. The highest BCUT2D eigenvalue weighted by molar-refractivity contribution is 7.91. The Labute approximate surface area is 342 Å². The van der Waals surface area contributed by atoms with Gasteiger partial charge in [0.1, 0.15) is 40.7 Å². The maximum absolute atomic E-state index is 14.6. The molecule has 1 aromatic carbocycles. The van der Waals surface area contributed by atoms with Gasteiger partial charge in [-0.15, -0.1) is 0 Å². The first-order chi connectivity index (χ1) is 27.5. The van der Waals surface area contributed by atoms with Crippen LogP contribution in [0.2, 0.25) is 5.02 Å². The lowest BCUT2D eigenvalue weighted by Crippen LogP contribution is -2.59. The summed E-state index contributed by atoms with van der Waals surface area (Å²) in [5, 5.41) is 18.3. The van der Waals surface area contributed by atoms with Gasteiger partial charge in [-0.25, -0.2) is 13.4 Å². The summed E-state index contributed by atoms with van der Waals surface area (Å²) < 4.78 is 45.7. The van der Waals surface area contributed by atoms with Crippen molar-refractivity contribution in [3.63, 3.8) is 0 Å². The van der Waals surface area contributed by atoms with E-state index >= 15 is 0 Å². The number of allylic oxidation sites excluding steroid dienone is 1. The van der Waals surface area contributed by atoms with Crippen molar-refractivity contribution in [2.45, 2.75) is 113 Å². The van der Waals surface area contributed by atoms with Crippen molar-refractivity contribution in [1.82, 2.24) is 30.7 Å². The number of pyridine rings is 1. The summed E-state index contributed by atoms with van der Waals surface area (Å²) in [6.07, 6.45) is 7.53. The van der Waals surface area contributed by atoms with E-state index in [0.717, 1.165) is 12.6 Å². The third-order valence-electron chi connectivity index (χ3n) is 11.0. The molecule has 2 aromatic rings. The topological polar surface area (TPSA) is 231 Å². The lowest BCUT2D eigenvalue weighted by atomic mass is 10.0. The molecular formula is C39H51ClN8O9S. The van der Waals surface area contributed by atoms with Gasteiger partial charge in [0.05, 0.1) is 35.7 Å². The van der Waals surface area contributed by atoms with Crippen LogP contribution in [0.15, 0.2) is 35.5 Å². The Morgan fingerprint density at radius 2 is 1.95 bits per heavy atom. The fraction of sp³-hybridized carbons (Fsp3) is 0.564. The number of amides is 4. The number of fused-ring (bicyclic) bond motifs is 3. The molecule has 5 N–H and O–H groups in total. The van der Waals surface area contributed by atoms with Gasteiger partial charge in [0, 0.05) is 30.8 Å². The molecule has 2 saturated carbocycles. The van der Waals surface area contributed by atoms with Crippen molar-refractivity contribution in [3.05, 3.63) is 35.4 Å². The SMILES string of the molecule is CN/N=C\C(=N)C(=O)N[C@H]1CCCCC/C=C\C2C[C@@]2(C(=O)NS(=O)(=O)C2(C)CC2)NC(=O)[C@@H]2C[C@@H](Oc3cc(OC(C)C)nc4c(OC)c(Cl)ccc34)CN2C1=O. The first-order valence-electron chi connectivity index (χ1n) is 19.5. The number of carbonyl (C=O) groups is 4. The molecule has 1 aromatic heterocycles. The van der Waals surface area contributed by atoms with Crippen LogP contribution in [0, 0.1) is 11.3 Å². The molecule has 4 amide bonds. The normalized spacial score (nSPS) is 26.4. The van der Waals surface area contributed by atoms with Crippen LogP contribution in [-0.2, 0) is 29.2 Å². The number of benzene rings is 1. The zero-order valence-corrected chi connectivity index (χ0v) is 34.8. The number of methoxy groups -OCH3 is 1. The Morgan fingerprint density at radius 3 is 2.64 bits per heavy atom. The number of sulfonamides is 1. The summed E-state index contributed by atoms with van der Waals surface area (Å²) in [6.45, 7) is 5.15. The van der Waals surface area contributed by atoms with Crippen LogP contribution in [0.5, 0.6) is 17.4 Å². The standard InChI is InChI=1S/C39H51ClN8O9S/c1-22(2)56-31-18-30(25-13-14-26(40)33(55-5)32(25)45-31)57-24-17-29-35(50)46-39(37(52)47-58(53,54)38(3)15-16-38)19-23(39)11-9-7-6-8-10-12-28(36(51)48(29)21-24)44-34(49)27(41)20-43-42-4/h9,11,13-14,18,20,22-24,28-29,41-42H,6-8,10,12,15-17,19,21H2,1-5H3,(H,44,49)(H,46,50)(H,47,52)/b11-9-,41-27?,43-20-/t23?,24-,28+,29+,39-/m1/s1. The number of halogens is 1. The number of nitrogens with zero attached hydrogens (tertiary/aromatic N) is 3. The second-order valence-corrected chi connectivity index (χ2v) is 18.3. The van der Waals surface area contributed by atoms with Crippen molar-refractivity contribution in [1.29, 1.82) is 5.41 Å². The highest BCUT2D eigenvalue weighted by Gasteiger charge is 2.63. The van der Waals surface area contributed by atoms with Crippen molar-refractivity contribution in [2.24, 2.45) is 11.0 Å². The van der Waals surface area contributed by atoms with E-state index in [1.807, 2.05) is 26.0 Å². The van der Waals surface area contributed by atoms with E-state index in [9.17, 15) is 27.6 Å². The highest BCUT2D eigenvalue weighted by Crippen LogP contribution is 2.48. The Hall–Kier alpha value is -4.97. The van der Waals surface area contributed by atoms with E-state index in [2.05, 4.69) is 30.9 Å². The van der Waals surface area contributed by atoms with Gasteiger partial charge in [-0.05, 0) is 71.4 Å². The Bertz CT molecular complexity index is 2140. The molecule has 3 fully saturated rings. The smallest absolute Gasteiger partial charge is 0.271 e. The second kappa shape index (κ2) is 17.1. The molecular weight excluding hydrogens is 792 g/mol. The molecule has 6 rings (SSSR count). The first-order valence-corrected chi connectivity index (χ1v) is 21.3. The fourth-order valence-corrected chi connectivity index (χ4v) is 8.87. The number of carbonyl (C=O) groups excluding carboxylic acids is 4. The van der Waals surface area contributed by atoms with Gasteiger partial charge in [0.2, 0.25) is 27.7 Å². The predicted molar refractivity (Wildman–Crippen MR) is 217 cm³/mol. The van der Waals surface area contributed by atoms with Gasteiger partial charge in [-0.3, -0.25) is 29.3 Å². The molecule has 19 heteroatoms. The largest absolute Gasteiger partial charge is 0.493 e. The molecule has 4 aliphatic rings. The van der Waals surface area contributed by atoms with Gasteiger partial charge >= 0.3 is 0 Å². The summed E-state index contributed by atoms with van der Waals surface area (Å²) in [7, 11) is -1.06. The lowest BCUT2D eigenvalue weighted by molar-refractivity contribution is -0.142. The molecule has 314 valence electrons. The summed E-state index contributed by atoms with van der Waals surface area (Å²) >= 11 is 6.46. The molecule has 1 unspecified atom stereocenters. The van der Waals surface area contributed by atoms with Crippen LogP contribution in [-0.4, -0.2) is 109 Å². The van der Waals surface area contributed by atoms with Crippen LogP contribution < -0.4 is 35.0 Å². The van der Waals surface area contributed by atoms with Crippen LogP contribution in [0.25, 0.3) is 10.9 Å². The number of hydrogen-bond acceptors (Lipinski definition) is 13.